The van der Waals surface area contributed by atoms with E-state index in [9.17, 15) is 9.18 Å². The zero-order valence-electron chi connectivity index (χ0n) is 17.1. The fourth-order valence-electron chi connectivity index (χ4n) is 3.86. The maximum Gasteiger partial charge on any atom is 0.276 e. The third-order valence-corrected chi connectivity index (χ3v) is 5.45. The van der Waals surface area contributed by atoms with E-state index in [0.717, 1.165) is 24.1 Å². The molecule has 0 unspecified atom stereocenters. The average Bonchev–Trinajstić information content (AvgIpc) is 3.60. The molecule has 2 aromatic carbocycles. The van der Waals surface area contributed by atoms with Crippen LogP contribution in [0.1, 0.15) is 40.7 Å². The summed E-state index contributed by atoms with van der Waals surface area (Å²) in [5, 5.41) is 8.02. The zero-order chi connectivity index (χ0) is 21.9. The van der Waals surface area contributed by atoms with Crippen molar-refractivity contribution < 1.29 is 18.4 Å². The molecule has 9 heteroatoms. The molecule has 0 bridgehead atoms. The second-order valence-corrected chi connectivity index (χ2v) is 7.51. The topological polar surface area (TPSA) is 86.3 Å². The number of aromatic nitrogens is 4. The number of amides is 1. The van der Waals surface area contributed by atoms with Crippen molar-refractivity contribution in [1.82, 2.24) is 24.8 Å². The van der Waals surface area contributed by atoms with E-state index in [4.69, 9.17) is 9.26 Å². The number of rotatable bonds is 6. The molecule has 0 radical (unpaired) electrons. The third-order valence-electron chi connectivity index (χ3n) is 5.45. The van der Waals surface area contributed by atoms with Gasteiger partial charge in [-0.05, 0) is 54.8 Å². The highest BCUT2D eigenvalue weighted by Gasteiger charge is 2.32. The molecular weight excluding hydrogens is 413 g/mol. The summed E-state index contributed by atoms with van der Waals surface area (Å²) in [4.78, 5) is 18.7. The number of likely N-dealkylation sites (tertiary alicyclic amines) is 1. The summed E-state index contributed by atoms with van der Waals surface area (Å²) in [6, 6.07) is 15.2. The molecule has 3 heterocycles. The van der Waals surface area contributed by atoms with Gasteiger partial charge in [0.1, 0.15) is 30.8 Å². The van der Waals surface area contributed by atoms with Crippen LogP contribution in [0.3, 0.4) is 0 Å². The molecule has 0 N–H and O–H groups in total. The molecule has 5 rings (SSSR count). The van der Waals surface area contributed by atoms with Gasteiger partial charge in [-0.15, -0.1) is 0 Å². The van der Waals surface area contributed by atoms with Gasteiger partial charge in [0, 0.05) is 12.6 Å². The van der Waals surface area contributed by atoms with Crippen LogP contribution in [0.5, 0.6) is 5.75 Å². The van der Waals surface area contributed by atoms with Gasteiger partial charge in [0.05, 0.1) is 11.7 Å². The molecule has 2 aromatic heterocycles. The third kappa shape index (κ3) is 4.09. The SMILES string of the molecule is O=C(c1cc(COc2ccc(-n3cncn3)cc2)on1)N1CCC[C@H]1c1ccc(F)cc1. The van der Waals surface area contributed by atoms with E-state index in [1.54, 1.807) is 34.1 Å². The highest BCUT2D eigenvalue weighted by atomic mass is 19.1. The van der Waals surface area contributed by atoms with Crippen molar-refractivity contribution in [2.45, 2.75) is 25.5 Å². The first kappa shape index (κ1) is 19.9. The summed E-state index contributed by atoms with van der Waals surface area (Å²) in [5.41, 5.74) is 2.02. The van der Waals surface area contributed by atoms with Crippen molar-refractivity contribution in [2.75, 3.05) is 6.54 Å². The Hall–Kier alpha value is -4.01. The number of hydrogen-bond acceptors (Lipinski definition) is 6. The Kier molecular flexibility index (Phi) is 5.37. The number of carbonyl (C=O) groups excluding carboxylic acids is 1. The van der Waals surface area contributed by atoms with Gasteiger partial charge in [-0.2, -0.15) is 5.10 Å². The van der Waals surface area contributed by atoms with Crippen molar-refractivity contribution in [3.63, 3.8) is 0 Å². The van der Waals surface area contributed by atoms with Crippen LogP contribution in [-0.4, -0.2) is 37.3 Å². The molecule has 1 aliphatic rings. The lowest BCUT2D eigenvalue weighted by Crippen LogP contribution is -2.30. The standard InChI is InChI=1S/C23H20FN5O3/c24-17-5-3-16(4-6-17)22-2-1-11-28(22)23(30)21-12-20(32-27-21)13-31-19-9-7-18(8-10-19)29-15-25-14-26-29/h3-10,12,14-15,22H,1-2,11,13H2/t22-/m0/s1. The Balaban J connectivity index is 1.22. The molecular formula is C23H20FN5O3. The van der Waals surface area contributed by atoms with E-state index < -0.39 is 0 Å². The predicted octanol–water partition coefficient (Wildman–Crippen LogP) is 3.95. The van der Waals surface area contributed by atoms with Crippen molar-refractivity contribution in [3.8, 4) is 11.4 Å². The fourth-order valence-corrected chi connectivity index (χ4v) is 3.86. The molecule has 0 aliphatic carbocycles. The number of nitrogens with zero attached hydrogens (tertiary/aromatic N) is 5. The van der Waals surface area contributed by atoms with Crippen LogP contribution in [0.2, 0.25) is 0 Å². The second kappa shape index (κ2) is 8.62. The van der Waals surface area contributed by atoms with E-state index in [0.29, 0.717) is 18.1 Å². The summed E-state index contributed by atoms with van der Waals surface area (Å²) in [5.74, 6) is 0.600. The molecule has 32 heavy (non-hydrogen) atoms. The van der Waals surface area contributed by atoms with Crippen LogP contribution in [0, 0.1) is 5.82 Å². The van der Waals surface area contributed by atoms with Gasteiger partial charge < -0.3 is 14.2 Å². The maximum atomic E-state index is 13.3. The largest absolute Gasteiger partial charge is 0.486 e. The van der Waals surface area contributed by atoms with Crippen LogP contribution < -0.4 is 4.74 Å². The summed E-state index contributed by atoms with van der Waals surface area (Å²) in [6.07, 6.45) is 4.79. The molecule has 1 fully saturated rings. The van der Waals surface area contributed by atoms with E-state index in [-0.39, 0.29) is 30.1 Å². The minimum absolute atomic E-state index is 0.0944. The highest BCUT2D eigenvalue weighted by Crippen LogP contribution is 2.33. The predicted molar refractivity (Wildman–Crippen MR) is 112 cm³/mol. The number of carbonyl (C=O) groups is 1. The van der Waals surface area contributed by atoms with E-state index in [1.165, 1.54) is 18.5 Å². The molecule has 1 atom stereocenters. The van der Waals surface area contributed by atoms with Crippen molar-refractivity contribution in [3.05, 3.63) is 90.1 Å². The highest BCUT2D eigenvalue weighted by molar-refractivity contribution is 5.92. The first-order valence-electron chi connectivity index (χ1n) is 10.3. The summed E-state index contributed by atoms with van der Waals surface area (Å²) < 4.78 is 26.0. The second-order valence-electron chi connectivity index (χ2n) is 7.51. The normalized spacial score (nSPS) is 15.8. The fraction of sp³-hybridized carbons (Fsp3) is 0.217. The first-order valence-corrected chi connectivity index (χ1v) is 10.3. The lowest BCUT2D eigenvalue weighted by atomic mass is 10.0. The van der Waals surface area contributed by atoms with E-state index >= 15 is 0 Å². The van der Waals surface area contributed by atoms with Gasteiger partial charge in [-0.1, -0.05) is 17.3 Å². The Morgan fingerprint density at radius 1 is 1.16 bits per heavy atom. The first-order chi connectivity index (χ1) is 15.7. The van der Waals surface area contributed by atoms with Crippen LogP contribution in [0.4, 0.5) is 4.39 Å². The quantitative estimate of drug-likeness (QED) is 0.458. The Morgan fingerprint density at radius 3 is 2.72 bits per heavy atom. The minimum atomic E-state index is -0.293. The lowest BCUT2D eigenvalue weighted by Gasteiger charge is -2.24. The van der Waals surface area contributed by atoms with Gasteiger partial charge >= 0.3 is 0 Å². The van der Waals surface area contributed by atoms with Crippen LogP contribution in [-0.2, 0) is 6.61 Å². The molecule has 4 aromatic rings. The Labute approximate surface area is 183 Å². The maximum absolute atomic E-state index is 13.3. The Morgan fingerprint density at radius 2 is 1.97 bits per heavy atom. The van der Waals surface area contributed by atoms with Crippen molar-refractivity contribution >= 4 is 5.91 Å². The molecule has 0 spiro atoms. The van der Waals surface area contributed by atoms with E-state index in [2.05, 4.69) is 15.2 Å². The monoisotopic (exact) mass is 433 g/mol. The smallest absolute Gasteiger partial charge is 0.276 e. The summed E-state index contributed by atoms with van der Waals surface area (Å²) in [7, 11) is 0. The van der Waals surface area contributed by atoms with E-state index in [1.807, 2.05) is 24.3 Å². The molecule has 8 nitrogen and oxygen atoms in total. The van der Waals surface area contributed by atoms with Crippen LogP contribution in [0.25, 0.3) is 5.69 Å². The van der Waals surface area contributed by atoms with Crippen LogP contribution in [0.15, 0.2) is 71.8 Å². The molecule has 1 saturated heterocycles. The lowest BCUT2D eigenvalue weighted by molar-refractivity contribution is 0.0725. The van der Waals surface area contributed by atoms with Gasteiger partial charge in [-0.25, -0.2) is 14.1 Å². The van der Waals surface area contributed by atoms with Gasteiger partial charge in [0.15, 0.2) is 11.5 Å². The Bertz CT molecular complexity index is 1190. The molecule has 162 valence electrons. The van der Waals surface area contributed by atoms with Gasteiger partial charge in [0.2, 0.25) is 0 Å². The van der Waals surface area contributed by atoms with Crippen molar-refractivity contribution in [2.24, 2.45) is 0 Å². The zero-order valence-corrected chi connectivity index (χ0v) is 17.1. The number of ether oxygens (including phenoxy) is 1. The number of hydrogen-bond donors (Lipinski definition) is 0. The summed E-state index contributed by atoms with van der Waals surface area (Å²) in [6.45, 7) is 0.766. The molecule has 0 saturated carbocycles. The van der Waals surface area contributed by atoms with Crippen LogP contribution >= 0.6 is 0 Å². The molecule has 1 amide bonds. The number of halogens is 1. The summed E-state index contributed by atoms with van der Waals surface area (Å²) >= 11 is 0. The van der Waals surface area contributed by atoms with Gasteiger partial charge in [-0.3, -0.25) is 4.79 Å². The molecule has 1 aliphatic heterocycles. The average molecular weight is 433 g/mol. The minimum Gasteiger partial charge on any atom is -0.486 e. The van der Waals surface area contributed by atoms with Gasteiger partial charge in [0.25, 0.3) is 5.91 Å². The van der Waals surface area contributed by atoms with Crippen molar-refractivity contribution in [1.29, 1.82) is 0 Å². The number of benzene rings is 2.